The lowest BCUT2D eigenvalue weighted by Crippen LogP contribution is -2.22. The summed E-state index contributed by atoms with van der Waals surface area (Å²) in [4.78, 5) is 21.6. The lowest BCUT2D eigenvalue weighted by Gasteiger charge is -2.03. The Balaban J connectivity index is 2.64. The minimum atomic E-state index is -1.55. The topological polar surface area (TPSA) is 83.5 Å². The number of hydrogen-bond acceptors (Lipinski definition) is 3. The summed E-state index contributed by atoms with van der Waals surface area (Å²) >= 11 is 0. The molecule has 0 saturated carbocycles. The Morgan fingerprint density at radius 2 is 1.88 bits per heavy atom. The number of carboxylic acid groups (broad SMARTS) is 1. The molecule has 0 spiro atoms. The SMILES string of the molecule is CC(=O)NS(=O)c1ccc(CCC(=O)O)cc1. The van der Waals surface area contributed by atoms with Crippen molar-refractivity contribution in [3.63, 3.8) is 0 Å². The van der Waals surface area contributed by atoms with Gasteiger partial charge in [0.2, 0.25) is 5.91 Å². The number of amides is 1. The second-order valence-electron chi connectivity index (χ2n) is 3.46. The first-order valence-corrected chi connectivity index (χ1v) is 6.14. The van der Waals surface area contributed by atoms with E-state index in [0.717, 1.165) is 5.56 Å². The largest absolute Gasteiger partial charge is 0.481 e. The summed E-state index contributed by atoms with van der Waals surface area (Å²) in [5.74, 6) is -1.21. The van der Waals surface area contributed by atoms with Crippen LogP contribution in [-0.4, -0.2) is 21.2 Å². The molecule has 6 heteroatoms. The molecule has 1 atom stereocenters. The molecule has 17 heavy (non-hydrogen) atoms. The summed E-state index contributed by atoms with van der Waals surface area (Å²) in [6.45, 7) is 1.29. The molecule has 0 saturated heterocycles. The standard InChI is InChI=1S/C11H13NO4S/c1-8(13)12-17(16)10-5-2-9(3-6-10)4-7-11(14)15/h2-3,5-6H,4,7H2,1H3,(H,12,13)(H,14,15). The Bertz CT molecular complexity index is 441. The van der Waals surface area contributed by atoms with E-state index in [4.69, 9.17) is 5.11 Å². The summed E-state index contributed by atoms with van der Waals surface area (Å²) < 4.78 is 13.8. The van der Waals surface area contributed by atoms with Gasteiger partial charge in [-0.15, -0.1) is 0 Å². The van der Waals surface area contributed by atoms with E-state index >= 15 is 0 Å². The van der Waals surface area contributed by atoms with Crippen molar-refractivity contribution in [2.75, 3.05) is 0 Å². The van der Waals surface area contributed by atoms with E-state index in [1.165, 1.54) is 6.92 Å². The van der Waals surface area contributed by atoms with Crippen LogP contribution in [0.25, 0.3) is 0 Å². The molecule has 0 aliphatic heterocycles. The van der Waals surface area contributed by atoms with Gasteiger partial charge in [-0.1, -0.05) is 12.1 Å². The van der Waals surface area contributed by atoms with Crippen molar-refractivity contribution in [3.8, 4) is 0 Å². The molecule has 0 radical (unpaired) electrons. The van der Waals surface area contributed by atoms with Crippen LogP contribution in [0.2, 0.25) is 0 Å². The number of carbonyl (C=O) groups excluding carboxylic acids is 1. The third-order valence-electron chi connectivity index (χ3n) is 2.00. The number of benzene rings is 1. The van der Waals surface area contributed by atoms with Gasteiger partial charge in [0, 0.05) is 13.3 Å². The number of carboxylic acids is 1. The number of hydrogen-bond donors (Lipinski definition) is 2. The van der Waals surface area contributed by atoms with Crippen LogP contribution in [0.1, 0.15) is 18.9 Å². The van der Waals surface area contributed by atoms with Crippen molar-refractivity contribution in [2.45, 2.75) is 24.7 Å². The maximum atomic E-state index is 11.5. The molecule has 1 aromatic rings. The third kappa shape index (κ3) is 4.78. The fourth-order valence-electron chi connectivity index (χ4n) is 1.22. The van der Waals surface area contributed by atoms with Gasteiger partial charge in [-0.3, -0.25) is 14.3 Å². The highest BCUT2D eigenvalue weighted by Gasteiger charge is 2.05. The molecular weight excluding hydrogens is 242 g/mol. The van der Waals surface area contributed by atoms with Gasteiger partial charge in [0.25, 0.3) is 0 Å². The molecule has 5 nitrogen and oxygen atoms in total. The Kier molecular flexibility index (Phi) is 4.84. The molecule has 92 valence electrons. The first-order valence-electron chi connectivity index (χ1n) is 4.99. The van der Waals surface area contributed by atoms with Gasteiger partial charge in [0.1, 0.15) is 0 Å². The van der Waals surface area contributed by atoms with E-state index in [1.54, 1.807) is 24.3 Å². The van der Waals surface area contributed by atoms with E-state index in [2.05, 4.69) is 4.72 Å². The zero-order valence-electron chi connectivity index (χ0n) is 9.30. The van der Waals surface area contributed by atoms with Crippen LogP contribution in [0.3, 0.4) is 0 Å². The van der Waals surface area contributed by atoms with Crippen LogP contribution in [0.5, 0.6) is 0 Å². The van der Waals surface area contributed by atoms with Gasteiger partial charge >= 0.3 is 5.97 Å². The van der Waals surface area contributed by atoms with E-state index in [-0.39, 0.29) is 12.3 Å². The van der Waals surface area contributed by atoms with Crippen molar-refractivity contribution in [3.05, 3.63) is 29.8 Å². The summed E-state index contributed by atoms with van der Waals surface area (Å²) in [5, 5.41) is 8.52. The highest BCUT2D eigenvalue weighted by Crippen LogP contribution is 2.09. The minimum Gasteiger partial charge on any atom is -0.481 e. The molecule has 2 N–H and O–H groups in total. The van der Waals surface area contributed by atoms with Gasteiger partial charge < -0.3 is 5.11 Å². The molecule has 0 aliphatic carbocycles. The number of aryl methyl sites for hydroxylation is 1. The predicted octanol–water partition coefficient (Wildman–Crippen LogP) is 0.863. The Labute approximate surface area is 101 Å². The average Bonchev–Trinajstić information content (AvgIpc) is 2.26. The molecule has 0 bridgehead atoms. The van der Waals surface area contributed by atoms with E-state index in [9.17, 15) is 13.8 Å². The number of carbonyl (C=O) groups is 2. The van der Waals surface area contributed by atoms with E-state index < -0.39 is 17.0 Å². The average molecular weight is 255 g/mol. The Morgan fingerprint density at radius 3 is 2.35 bits per heavy atom. The van der Waals surface area contributed by atoms with Gasteiger partial charge in [-0.25, -0.2) is 4.21 Å². The van der Waals surface area contributed by atoms with Gasteiger partial charge in [-0.2, -0.15) is 0 Å². The maximum absolute atomic E-state index is 11.5. The second kappa shape index (κ2) is 6.15. The number of aliphatic carboxylic acids is 1. The second-order valence-corrected chi connectivity index (χ2v) is 4.68. The molecule has 0 aliphatic rings. The molecule has 0 heterocycles. The zero-order valence-corrected chi connectivity index (χ0v) is 10.1. The third-order valence-corrected chi connectivity index (χ3v) is 3.17. The lowest BCUT2D eigenvalue weighted by molar-refractivity contribution is -0.137. The zero-order chi connectivity index (χ0) is 12.8. The van der Waals surface area contributed by atoms with Crippen molar-refractivity contribution in [2.24, 2.45) is 0 Å². The Morgan fingerprint density at radius 1 is 1.29 bits per heavy atom. The molecule has 1 amide bonds. The first-order chi connectivity index (χ1) is 7.99. The molecule has 1 aromatic carbocycles. The highest BCUT2D eigenvalue weighted by molar-refractivity contribution is 7.83. The van der Waals surface area contributed by atoms with Crippen LogP contribution >= 0.6 is 0 Å². The van der Waals surface area contributed by atoms with Crippen LogP contribution in [0, 0.1) is 0 Å². The van der Waals surface area contributed by atoms with Crippen LogP contribution in [0.15, 0.2) is 29.2 Å². The monoisotopic (exact) mass is 255 g/mol. The molecule has 1 rings (SSSR count). The Hall–Kier alpha value is -1.69. The van der Waals surface area contributed by atoms with Crippen molar-refractivity contribution < 1.29 is 18.9 Å². The van der Waals surface area contributed by atoms with E-state index in [1.807, 2.05) is 0 Å². The van der Waals surface area contributed by atoms with Gasteiger partial charge in [0.05, 0.1) is 4.90 Å². The summed E-state index contributed by atoms with van der Waals surface area (Å²) in [5.41, 5.74) is 0.857. The summed E-state index contributed by atoms with van der Waals surface area (Å²) in [6, 6.07) is 6.64. The molecule has 0 fully saturated rings. The predicted molar refractivity (Wildman–Crippen MR) is 62.6 cm³/mol. The lowest BCUT2D eigenvalue weighted by atomic mass is 10.1. The van der Waals surface area contributed by atoms with Crippen molar-refractivity contribution >= 4 is 22.9 Å². The van der Waals surface area contributed by atoms with Gasteiger partial charge in [-0.05, 0) is 24.1 Å². The minimum absolute atomic E-state index is 0.0636. The fourth-order valence-corrected chi connectivity index (χ4v) is 1.98. The summed E-state index contributed by atoms with van der Waals surface area (Å²) in [6.07, 6.45) is 0.497. The van der Waals surface area contributed by atoms with Crippen LogP contribution < -0.4 is 4.72 Å². The van der Waals surface area contributed by atoms with Crippen LogP contribution in [-0.2, 0) is 27.0 Å². The molecule has 0 aromatic heterocycles. The van der Waals surface area contributed by atoms with Crippen LogP contribution in [0.4, 0.5) is 0 Å². The maximum Gasteiger partial charge on any atom is 0.303 e. The van der Waals surface area contributed by atoms with E-state index in [0.29, 0.717) is 11.3 Å². The highest BCUT2D eigenvalue weighted by atomic mass is 32.2. The summed E-state index contributed by atoms with van der Waals surface area (Å²) in [7, 11) is -1.55. The number of rotatable bonds is 5. The molecular formula is C11H13NO4S. The van der Waals surface area contributed by atoms with Crippen molar-refractivity contribution in [1.29, 1.82) is 0 Å². The fraction of sp³-hybridized carbons (Fsp3) is 0.273. The number of nitrogens with one attached hydrogen (secondary N) is 1. The smallest absolute Gasteiger partial charge is 0.303 e. The van der Waals surface area contributed by atoms with Crippen molar-refractivity contribution in [1.82, 2.24) is 4.72 Å². The normalized spacial score (nSPS) is 11.8. The quantitative estimate of drug-likeness (QED) is 0.817. The van der Waals surface area contributed by atoms with Gasteiger partial charge in [0.15, 0.2) is 11.0 Å². The molecule has 1 unspecified atom stereocenters. The first kappa shape index (κ1) is 13.4.